The topological polar surface area (TPSA) is 39.4 Å². The van der Waals surface area contributed by atoms with Crippen LogP contribution in [-0.2, 0) is 0 Å². The van der Waals surface area contributed by atoms with Crippen LogP contribution in [0.5, 0.6) is 0 Å². The van der Waals surface area contributed by atoms with E-state index in [1.54, 1.807) is 0 Å². The van der Waals surface area contributed by atoms with E-state index in [1.807, 2.05) is 24.3 Å². The summed E-state index contributed by atoms with van der Waals surface area (Å²) in [5.74, 6) is 1.80. The Morgan fingerprint density at radius 3 is 0.821 bits per heavy atom. The van der Waals surface area contributed by atoms with Crippen molar-refractivity contribution in [1.29, 1.82) is 0 Å². The minimum Gasteiger partial charge on any atom is -0.461 e. The zero-order chi connectivity index (χ0) is 70.1. The molecular weight excluding hydrogens is 1310 g/mol. The fraction of sp³-hybridized carbons (Fsp3) is 0.0196. The number of benzene rings is 18. The molecular formula is C102H64O3S. The van der Waals surface area contributed by atoms with E-state index < -0.39 is 0 Å². The molecule has 0 saturated heterocycles. The third-order valence-corrected chi connectivity index (χ3v) is 23.0. The smallest absolute Gasteiger partial charge is 0.143 e. The Bertz CT molecular complexity index is 6680. The lowest BCUT2D eigenvalue weighted by molar-refractivity contribution is 0.549. The lowest BCUT2D eigenvalue weighted by atomic mass is 9.85. The lowest BCUT2D eigenvalue weighted by Crippen LogP contribution is -1.91. The zero-order valence-electron chi connectivity index (χ0n) is 58.1. The number of aryl methyl sites for hydroxylation is 2. The van der Waals surface area contributed by atoms with Crippen molar-refractivity contribution < 1.29 is 13.3 Å². The van der Waals surface area contributed by atoms with Crippen molar-refractivity contribution in [3.63, 3.8) is 0 Å². The summed E-state index contributed by atoms with van der Waals surface area (Å²) in [6, 6.07) is 127. The molecule has 3 nitrogen and oxygen atoms in total. The van der Waals surface area contributed by atoms with Crippen LogP contribution in [0.4, 0.5) is 0 Å². The third-order valence-electron chi connectivity index (χ3n) is 21.9. The first-order valence-electron chi connectivity index (χ1n) is 36.4. The second-order valence-electron chi connectivity index (χ2n) is 27.9. The van der Waals surface area contributed by atoms with Gasteiger partial charge in [-0.25, -0.2) is 0 Å². The summed E-state index contributed by atoms with van der Waals surface area (Å²) in [5.41, 5.74) is 20.4. The molecule has 0 aliphatic carbocycles. The van der Waals surface area contributed by atoms with Gasteiger partial charge in [0.05, 0.1) is 0 Å². The second kappa shape index (κ2) is 24.7. The van der Waals surface area contributed by atoms with Crippen LogP contribution in [0, 0.1) is 13.8 Å². The summed E-state index contributed by atoms with van der Waals surface area (Å²) in [7, 11) is 0. The van der Waals surface area contributed by atoms with Gasteiger partial charge in [0.2, 0.25) is 0 Å². The fourth-order valence-electron chi connectivity index (χ4n) is 17.5. The van der Waals surface area contributed by atoms with Gasteiger partial charge in [-0.2, -0.15) is 0 Å². The summed E-state index contributed by atoms with van der Waals surface area (Å²) in [6.07, 6.45) is 0. The van der Waals surface area contributed by atoms with Gasteiger partial charge in [-0.05, 0) is 193 Å². The van der Waals surface area contributed by atoms with Crippen LogP contribution in [0.3, 0.4) is 0 Å². The van der Waals surface area contributed by atoms with Crippen LogP contribution in [0.2, 0.25) is 0 Å². The van der Waals surface area contributed by atoms with E-state index in [0.29, 0.717) is 0 Å². The first-order valence-corrected chi connectivity index (χ1v) is 37.2. The van der Waals surface area contributed by atoms with Crippen molar-refractivity contribution in [2.75, 3.05) is 0 Å². The molecule has 0 aliphatic rings. The van der Waals surface area contributed by atoms with E-state index in [-0.39, 0.29) is 0 Å². The SMILES string of the molecule is Cc1ccc(-c2c3ccccc3c(-c3ccc4oc5c(-c6c7ccccc7c(-c7ccccc7)c7ccccc67)cccc5c4c3)c3ccccc23)o1.Cc1ccc(-c2c3ccccc3c(-c3ccc4oc5c(-c6c7ccccc7c(-c7ccccc7)c7ccccc67)cccc5c4c3)c3ccccc23)s1. The zero-order valence-corrected chi connectivity index (χ0v) is 58.9. The number of rotatable bonds is 8. The molecule has 0 atom stereocenters. The Hall–Kier alpha value is -13.4. The minimum atomic E-state index is 0.877. The van der Waals surface area contributed by atoms with Crippen LogP contribution in [0.1, 0.15) is 10.6 Å². The van der Waals surface area contributed by atoms with E-state index in [1.165, 1.54) is 152 Å². The molecule has 106 heavy (non-hydrogen) atoms. The Labute approximate surface area is 615 Å². The molecule has 0 aliphatic heterocycles. The molecule has 4 aromatic heterocycles. The molecule has 0 spiro atoms. The summed E-state index contributed by atoms with van der Waals surface area (Å²) < 4.78 is 20.0. The number of fused-ring (bicyclic) bond motifs is 14. The van der Waals surface area contributed by atoms with Gasteiger partial charge in [0, 0.05) is 64.7 Å². The average molecular weight is 1370 g/mol. The lowest BCUT2D eigenvalue weighted by Gasteiger charge is -2.17. The van der Waals surface area contributed by atoms with Crippen molar-refractivity contribution in [2.24, 2.45) is 0 Å². The molecule has 496 valence electrons. The molecule has 0 fully saturated rings. The highest BCUT2D eigenvalue weighted by molar-refractivity contribution is 7.15. The summed E-state index contributed by atoms with van der Waals surface area (Å²) >= 11 is 1.86. The van der Waals surface area contributed by atoms with E-state index in [4.69, 9.17) is 13.3 Å². The highest BCUT2D eigenvalue weighted by atomic mass is 32.1. The van der Waals surface area contributed by atoms with Gasteiger partial charge < -0.3 is 13.3 Å². The number of hydrogen-bond donors (Lipinski definition) is 0. The first kappa shape index (κ1) is 61.3. The largest absolute Gasteiger partial charge is 0.461 e. The standard InChI is InChI=1S/C51H32O2.C51H32OS/c1-31-26-28-46(52-31)50-40-22-11-7-18-36(40)48(37-19-8-12-23-41(37)50)33-27-29-45-44(30-33)42-24-13-25-43(51(42)53-45)49-38-20-9-5-16-34(38)47(32-14-3-2-4-15-32)35-17-6-10-21-39(35)49;1-31-26-29-46(53-31)50-40-22-11-7-18-36(40)48(37-19-8-12-23-41(37)50)33-27-28-45-44(30-33)42-24-13-25-43(51(42)52-45)49-38-20-9-5-16-34(38)47(32-14-3-2-4-15-32)35-17-6-10-21-39(35)49/h2*2-30H,1H3. The van der Waals surface area contributed by atoms with Gasteiger partial charge in [-0.1, -0.05) is 303 Å². The van der Waals surface area contributed by atoms with Crippen molar-refractivity contribution in [3.05, 3.63) is 362 Å². The Morgan fingerprint density at radius 1 is 0.198 bits per heavy atom. The maximum absolute atomic E-state index is 6.90. The van der Waals surface area contributed by atoms with Gasteiger partial charge in [-0.15, -0.1) is 11.3 Å². The number of furan rings is 3. The predicted molar refractivity (Wildman–Crippen MR) is 451 cm³/mol. The molecule has 0 amide bonds. The number of thiophene rings is 1. The minimum absolute atomic E-state index is 0.877. The van der Waals surface area contributed by atoms with E-state index >= 15 is 0 Å². The molecule has 0 saturated carbocycles. The number of para-hydroxylation sites is 2. The van der Waals surface area contributed by atoms with Crippen molar-refractivity contribution in [3.8, 4) is 88.5 Å². The molecule has 4 heterocycles. The maximum atomic E-state index is 6.90. The Balaban J connectivity index is 0.000000136. The highest BCUT2D eigenvalue weighted by Gasteiger charge is 2.26. The van der Waals surface area contributed by atoms with Gasteiger partial charge in [-0.3, -0.25) is 0 Å². The van der Waals surface area contributed by atoms with Crippen molar-refractivity contribution >= 4 is 141 Å². The predicted octanol–water partition coefficient (Wildman–Crippen LogP) is 30.0. The summed E-state index contributed by atoms with van der Waals surface area (Å²) in [6.45, 7) is 4.19. The van der Waals surface area contributed by atoms with Crippen LogP contribution >= 0.6 is 11.3 Å². The molecule has 4 heteroatoms. The van der Waals surface area contributed by atoms with Crippen LogP contribution in [-0.4, -0.2) is 0 Å². The van der Waals surface area contributed by atoms with Gasteiger partial charge >= 0.3 is 0 Å². The monoisotopic (exact) mass is 1370 g/mol. The quantitative estimate of drug-likeness (QED) is 0.142. The average Bonchev–Trinajstić information content (AvgIpc) is 1.30. The molecule has 0 bridgehead atoms. The van der Waals surface area contributed by atoms with E-state index in [2.05, 4.69) is 353 Å². The van der Waals surface area contributed by atoms with E-state index in [0.717, 1.165) is 77.7 Å². The second-order valence-corrected chi connectivity index (χ2v) is 29.2. The Kier molecular flexibility index (Phi) is 14.3. The molecule has 0 radical (unpaired) electrons. The molecule has 0 unspecified atom stereocenters. The number of hydrogen-bond acceptors (Lipinski definition) is 4. The summed E-state index contributed by atoms with van der Waals surface area (Å²) in [4.78, 5) is 2.63. The highest BCUT2D eigenvalue weighted by Crippen LogP contribution is 2.52. The Morgan fingerprint density at radius 2 is 0.500 bits per heavy atom. The molecule has 0 N–H and O–H groups in total. The molecule has 18 aromatic carbocycles. The third kappa shape index (κ3) is 9.65. The fourth-order valence-corrected chi connectivity index (χ4v) is 18.5. The van der Waals surface area contributed by atoms with Crippen LogP contribution < -0.4 is 0 Å². The summed E-state index contributed by atoms with van der Waals surface area (Å²) in [5, 5.41) is 24.1. The first-order chi connectivity index (χ1) is 52.5. The van der Waals surface area contributed by atoms with Crippen molar-refractivity contribution in [1.82, 2.24) is 0 Å². The normalized spacial score (nSPS) is 11.9. The van der Waals surface area contributed by atoms with Gasteiger partial charge in [0.25, 0.3) is 0 Å². The van der Waals surface area contributed by atoms with Crippen LogP contribution in [0.25, 0.3) is 219 Å². The van der Waals surface area contributed by atoms with Gasteiger partial charge in [0.15, 0.2) is 0 Å². The van der Waals surface area contributed by atoms with E-state index in [9.17, 15) is 0 Å². The van der Waals surface area contributed by atoms with Crippen molar-refractivity contribution in [2.45, 2.75) is 13.8 Å². The maximum Gasteiger partial charge on any atom is 0.143 e. The van der Waals surface area contributed by atoms with Gasteiger partial charge in [0.1, 0.15) is 33.9 Å². The molecule has 22 aromatic rings. The molecule has 22 rings (SSSR count). The van der Waals surface area contributed by atoms with Crippen LogP contribution in [0.15, 0.2) is 365 Å².